The SMILES string of the molecule is COc1cc(C=O)cc(Cl)c1OC(=O)c1ccccc1Br. The summed E-state index contributed by atoms with van der Waals surface area (Å²) >= 11 is 9.31. The van der Waals surface area contributed by atoms with Crippen LogP contribution in [0.25, 0.3) is 0 Å². The molecular weight excluding hydrogens is 360 g/mol. The van der Waals surface area contributed by atoms with E-state index >= 15 is 0 Å². The Labute approximate surface area is 134 Å². The molecule has 0 radical (unpaired) electrons. The lowest BCUT2D eigenvalue weighted by Gasteiger charge is -2.12. The molecule has 0 heterocycles. The van der Waals surface area contributed by atoms with Gasteiger partial charge in [0.2, 0.25) is 0 Å². The number of hydrogen-bond donors (Lipinski definition) is 0. The van der Waals surface area contributed by atoms with Gasteiger partial charge in [0, 0.05) is 10.0 Å². The van der Waals surface area contributed by atoms with Crippen LogP contribution < -0.4 is 9.47 Å². The van der Waals surface area contributed by atoms with E-state index < -0.39 is 5.97 Å². The van der Waals surface area contributed by atoms with Crippen molar-refractivity contribution in [1.29, 1.82) is 0 Å². The first-order valence-electron chi connectivity index (χ1n) is 5.86. The van der Waals surface area contributed by atoms with Crippen LogP contribution in [0.1, 0.15) is 20.7 Å². The lowest BCUT2D eigenvalue weighted by molar-refractivity contribution is 0.0729. The molecule has 21 heavy (non-hydrogen) atoms. The van der Waals surface area contributed by atoms with Gasteiger partial charge in [0.05, 0.1) is 17.7 Å². The fraction of sp³-hybridized carbons (Fsp3) is 0.0667. The standard InChI is InChI=1S/C15H10BrClO4/c1-20-13-7-9(8-18)6-12(17)14(13)21-15(19)10-4-2-3-5-11(10)16/h2-8H,1H3. The zero-order chi connectivity index (χ0) is 15.4. The Hall–Kier alpha value is -1.85. The molecule has 0 aromatic heterocycles. The van der Waals surface area contributed by atoms with E-state index in [2.05, 4.69) is 15.9 Å². The third-order valence-corrected chi connectivity index (χ3v) is 3.65. The van der Waals surface area contributed by atoms with Crippen molar-refractivity contribution in [1.82, 2.24) is 0 Å². The van der Waals surface area contributed by atoms with Gasteiger partial charge in [0.25, 0.3) is 0 Å². The number of hydrogen-bond acceptors (Lipinski definition) is 4. The van der Waals surface area contributed by atoms with Crippen LogP contribution in [0.15, 0.2) is 40.9 Å². The van der Waals surface area contributed by atoms with Crippen molar-refractivity contribution in [2.75, 3.05) is 7.11 Å². The number of carbonyl (C=O) groups excluding carboxylic acids is 2. The highest BCUT2D eigenvalue weighted by molar-refractivity contribution is 9.10. The van der Waals surface area contributed by atoms with Gasteiger partial charge < -0.3 is 9.47 Å². The molecule has 2 aromatic carbocycles. The lowest BCUT2D eigenvalue weighted by Crippen LogP contribution is -2.10. The second-order valence-corrected chi connectivity index (χ2v) is 5.28. The number of methoxy groups -OCH3 is 1. The van der Waals surface area contributed by atoms with Crippen LogP contribution in [0.4, 0.5) is 0 Å². The predicted molar refractivity (Wildman–Crippen MR) is 82.5 cm³/mol. The van der Waals surface area contributed by atoms with Crippen LogP contribution in [0.2, 0.25) is 5.02 Å². The van der Waals surface area contributed by atoms with Gasteiger partial charge in [-0.1, -0.05) is 23.7 Å². The van der Waals surface area contributed by atoms with Crippen LogP contribution in [-0.2, 0) is 0 Å². The molecule has 0 aliphatic carbocycles. The number of halogens is 2. The van der Waals surface area contributed by atoms with Crippen molar-refractivity contribution in [2.24, 2.45) is 0 Å². The highest BCUT2D eigenvalue weighted by Gasteiger charge is 2.18. The summed E-state index contributed by atoms with van der Waals surface area (Å²) < 4.78 is 11.0. The molecular formula is C15H10BrClO4. The van der Waals surface area contributed by atoms with E-state index in [9.17, 15) is 9.59 Å². The molecule has 0 spiro atoms. The summed E-state index contributed by atoms with van der Waals surface area (Å²) in [6.07, 6.45) is 0.633. The minimum Gasteiger partial charge on any atom is -0.493 e. The second-order valence-electron chi connectivity index (χ2n) is 4.02. The van der Waals surface area contributed by atoms with Crippen molar-refractivity contribution in [2.45, 2.75) is 0 Å². The Morgan fingerprint density at radius 1 is 1.29 bits per heavy atom. The van der Waals surface area contributed by atoms with E-state index in [0.29, 0.717) is 21.9 Å². The minimum absolute atomic E-state index is 0.0746. The number of benzene rings is 2. The summed E-state index contributed by atoms with van der Waals surface area (Å²) in [5, 5.41) is 0.122. The van der Waals surface area contributed by atoms with Crippen LogP contribution in [0.5, 0.6) is 11.5 Å². The van der Waals surface area contributed by atoms with Crippen molar-refractivity contribution in [3.63, 3.8) is 0 Å². The Morgan fingerprint density at radius 2 is 2.00 bits per heavy atom. The van der Waals surface area contributed by atoms with E-state index in [1.807, 2.05) is 0 Å². The van der Waals surface area contributed by atoms with E-state index in [0.717, 1.165) is 0 Å². The fourth-order valence-electron chi connectivity index (χ4n) is 1.68. The van der Waals surface area contributed by atoms with Crippen LogP contribution >= 0.6 is 27.5 Å². The first-order chi connectivity index (χ1) is 10.1. The largest absolute Gasteiger partial charge is 0.493 e. The first kappa shape index (κ1) is 15.5. The third-order valence-electron chi connectivity index (χ3n) is 2.68. The monoisotopic (exact) mass is 368 g/mol. The Kier molecular flexibility index (Phi) is 4.98. The number of ether oxygens (including phenoxy) is 2. The van der Waals surface area contributed by atoms with E-state index in [-0.39, 0.29) is 16.5 Å². The van der Waals surface area contributed by atoms with E-state index in [4.69, 9.17) is 21.1 Å². The van der Waals surface area contributed by atoms with Gasteiger partial charge in [-0.05, 0) is 40.2 Å². The first-order valence-corrected chi connectivity index (χ1v) is 7.03. The number of rotatable bonds is 4. The van der Waals surface area contributed by atoms with Crippen molar-refractivity contribution in [3.8, 4) is 11.5 Å². The molecule has 0 saturated carbocycles. The van der Waals surface area contributed by atoms with Gasteiger partial charge in [-0.3, -0.25) is 4.79 Å². The average molecular weight is 370 g/mol. The van der Waals surface area contributed by atoms with Crippen LogP contribution in [0.3, 0.4) is 0 Å². The molecule has 0 amide bonds. The number of carbonyl (C=O) groups is 2. The predicted octanol–water partition coefficient (Wildman–Crippen LogP) is 4.14. The summed E-state index contributed by atoms with van der Waals surface area (Å²) in [6, 6.07) is 9.70. The Morgan fingerprint density at radius 3 is 2.62 bits per heavy atom. The molecule has 0 aliphatic rings. The van der Waals surface area contributed by atoms with Crippen molar-refractivity contribution in [3.05, 3.63) is 57.0 Å². The molecule has 108 valence electrons. The fourth-order valence-corrected chi connectivity index (χ4v) is 2.39. The van der Waals surface area contributed by atoms with Crippen molar-refractivity contribution >= 4 is 39.8 Å². The summed E-state index contributed by atoms with van der Waals surface area (Å²) in [7, 11) is 1.40. The highest BCUT2D eigenvalue weighted by Crippen LogP contribution is 2.36. The molecule has 0 fully saturated rings. The second kappa shape index (κ2) is 6.74. The number of aldehydes is 1. The smallest absolute Gasteiger partial charge is 0.344 e. The molecule has 0 unspecified atom stereocenters. The van der Waals surface area contributed by atoms with Gasteiger partial charge in [0.15, 0.2) is 11.5 Å². The normalized spacial score (nSPS) is 10.0. The molecule has 0 atom stereocenters. The molecule has 0 N–H and O–H groups in total. The summed E-state index contributed by atoms with van der Waals surface area (Å²) in [5.41, 5.74) is 0.688. The minimum atomic E-state index is -0.582. The van der Waals surface area contributed by atoms with E-state index in [1.165, 1.54) is 19.2 Å². The maximum Gasteiger partial charge on any atom is 0.344 e. The zero-order valence-corrected chi connectivity index (χ0v) is 13.3. The summed E-state index contributed by atoms with van der Waals surface area (Å²) in [6.45, 7) is 0. The number of esters is 1. The zero-order valence-electron chi connectivity index (χ0n) is 10.9. The van der Waals surface area contributed by atoms with Crippen molar-refractivity contribution < 1.29 is 19.1 Å². The average Bonchev–Trinajstić information content (AvgIpc) is 2.49. The topological polar surface area (TPSA) is 52.6 Å². The van der Waals surface area contributed by atoms with Gasteiger partial charge in [-0.2, -0.15) is 0 Å². The van der Waals surface area contributed by atoms with Crippen LogP contribution in [0, 0.1) is 0 Å². The molecule has 6 heteroatoms. The molecule has 0 aliphatic heterocycles. The third kappa shape index (κ3) is 3.43. The summed E-state index contributed by atoms with van der Waals surface area (Å²) in [4.78, 5) is 23.0. The maximum atomic E-state index is 12.2. The lowest BCUT2D eigenvalue weighted by atomic mass is 10.2. The van der Waals surface area contributed by atoms with Gasteiger partial charge in [-0.25, -0.2) is 4.79 Å². The van der Waals surface area contributed by atoms with Gasteiger partial charge in [0.1, 0.15) is 6.29 Å². The molecule has 2 aromatic rings. The van der Waals surface area contributed by atoms with Crippen LogP contribution in [-0.4, -0.2) is 19.4 Å². The summed E-state index contributed by atoms with van der Waals surface area (Å²) in [5.74, 6) is -0.294. The van der Waals surface area contributed by atoms with E-state index in [1.54, 1.807) is 24.3 Å². The van der Waals surface area contributed by atoms with Gasteiger partial charge in [-0.15, -0.1) is 0 Å². The maximum absolute atomic E-state index is 12.2. The molecule has 0 bridgehead atoms. The quantitative estimate of drug-likeness (QED) is 0.462. The molecule has 2 rings (SSSR count). The molecule has 0 saturated heterocycles. The Balaban J connectivity index is 2.38. The highest BCUT2D eigenvalue weighted by atomic mass is 79.9. The Bertz CT molecular complexity index is 700. The van der Waals surface area contributed by atoms with Gasteiger partial charge >= 0.3 is 5.97 Å². The molecule has 4 nitrogen and oxygen atoms in total.